The van der Waals surface area contributed by atoms with Crippen LogP contribution in [-0.2, 0) is 0 Å². The topological polar surface area (TPSA) is 58.4 Å². The first kappa shape index (κ1) is 13.4. The lowest BCUT2D eigenvalue weighted by molar-refractivity contribution is -0.384. The van der Waals surface area contributed by atoms with Crippen LogP contribution in [0.15, 0.2) is 24.3 Å². The van der Waals surface area contributed by atoms with E-state index in [9.17, 15) is 10.1 Å². The third-order valence-corrected chi connectivity index (χ3v) is 4.88. The molecule has 0 aromatic heterocycles. The van der Waals surface area contributed by atoms with Crippen LogP contribution < -0.4 is 5.32 Å². The van der Waals surface area contributed by atoms with Gasteiger partial charge in [0.25, 0.3) is 5.69 Å². The maximum atomic E-state index is 11.0. The van der Waals surface area contributed by atoms with E-state index in [0.717, 1.165) is 6.54 Å². The number of para-hydroxylation sites is 2. The van der Waals surface area contributed by atoms with E-state index in [4.69, 9.17) is 0 Å². The van der Waals surface area contributed by atoms with Crippen LogP contribution in [0.1, 0.15) is 25.7 Å². The van der Waals surface area contributed by atoms with E-state index < -0.39 is 0 Å². The molecule has 0 aliphatic carbocycles. The maximum Gasteiger partial charge on any atom is 0.292 e. The van der Waals surface area contributed by atoms with Gasteiger partial charge in [0.1, 0.15) is 5.69 Å². The van der Waals surface area contributed by atoms with Crippen LogP contribution in [-0.4, -0.2) is 35.5 Å². The van der Waals surface area contributed by atoms with Crippen molar-refractivity contribution in [3.8, 4) is 0 Å². The fraction of sp³-hybridized carbons (Fsp3) is 0.600. The Morgan fingerprint density at radius 1 is 1.30 bits per heavy atom. The first-order valence-corrected chi connectivity index (χ1v) is 7.34. The number of nitro benzene ring substituents is 1. The quantitative estimate of drug-likeness (QED) is 0.678. The first-order chi connectivity index (χ1) is 9.65. The van der Waals surface area contributed by atoms with Gasteiger partial charge in [-0.05, 0) is 44.7 Å². The van der Waals surface area contributed by atoms with E-state index in [-0.39, 0.29) is 10.6 Å². The molecule has 2 saturated heterocycles. The SMILES string of the molecule is CN1C2CCC1CC(CNc1ccccc1[N+](=O)[O-])C2. The number of rotatable bonds is 4. The fourth-order valence-electron chi connectivity index (χ4n) is 3.73. The Morgan fingerprint density at radius 3 is 2.60 bits per heavy atom. The smallest absolute Gasteiger partial charge is 0.292 e. The van der Waals surface area contributed by atoms with Gasteiger partial charge in [0.2, 0.25) is 0 Å². The molecule has 0 radical (unpaired) electrons. The molecule has 2 aliphatic heterocycles. The predicted octanol–water partition coefficient (Wildman–Crippen LogP) is 2.88. The molecule has 20 heavy (non-hydrogen) atoms. The van der Waals surface area contributed by atoms with Gasteiger partial charge in [-0.2, -0.15) is 0 Å². The summed E-state index contributed by atoms with van der Waals surface area (Å²) in [5.74, 6) is 0.628. The summed E-state index contributed by atoms with van der Waals surface area (Å²) in [5, 5.41) is 14.3. The normalized spacial score (nSPS) is 29.4. The van der Waals surface area contributed by atoms with Crippen LogP contribution in [0.2, 0.25) is 0 Å². The number of hydrogen-bond donors (Lipinski definition) is 1. The summed E-state index contributed by atoms with van der Waals surface area (Å²) in [6.45, 7) is 0.839. The fourth-order valence-corrected chi connectivity index (χ4v) is 3.73. The number of nitrogens with zero attached hydrogens (tertiary/aromatic N) is 2. The van der Waals surface area contributed by atoms with Crippen molar-refractivity contribution in [3.63, 3.8) is 0 Å². The maximum absolute atomic E-state index is 11.0. The van der Waals surface area contributed by atoms with E-state index in [0.29, 0.717) is 23.7 Å². The van der Waals surface area contributed by atoms with Gasteiger partial charge in [0, 0.05) is 24.7 Å². The largest absolute Gasteiger partial charge is 0.379 e. The van der Waals surface area contributed by atoms with Gasteiger partial charge in [0.05, 0.1) is 4.92 Å². The molecule has 108 valence electrons. The number of nitro groups is 1. The summed E-state index contributed by atoms with van der Waals surface area (Å²) < 4.78 is 0. The van der Waals surface area contributed by atoms with Crippen molar-refractivity contribution in [2.24, 2.45) is 5.92 Å². The molecule has 2 atom stereocenters. The molecule has 1 N–H and O–H groups in total. The number of nitrogens with one attached hydrogen (secondary N) is 1. The minimum absolute atomic E-state index is 0.170. The molecule has 5 nitrogen and oxygen atoms in total. The highest BCUT2D eigenvalue weighted by Gasteiger charge is 2.38. The summed E-state index contributed by atoms with van der Waals surface area (Å²) in [5.41, 5.74) is 0.812. The third-order valence-electron chi connectivity index (χ3n) is 4.88. The molecule has 2 bridgehead atoms. The van der Waals surface area contributed by atoms with Crippen molar-refractivity contribution in [1.82, 2.24) is 4.90 Å². The second-order valence-corrected chi connectivity index (χ2v) is 6.04. The van der Waals surface area contributed by atoms with Crippen molar-refractivity contribution < 1.29 is 4.92 Å². The summed E-state index contributed by atoms with van der Waals surface area (Å²) >= 11 is 0. The van der Waals surface area contributed by atoms with Crippen molar-refractivity contribution in [3.05, 3.63) is 34.4 Å². The highest BCUT2D eigenvalue weighted by Crippen LogP contribution is 2.37. The number of piperidine rings is 1. The zero-order chi connectivity index (χ0) is 14.1. The highest BCUT2D eigenvalue weighted by molar-refractivity contribution is 5.61. The van der Waals surface area contributed by atoms with Gasteiger partial charge in [-0.1, -0.05) is 12.1 Å². The minimum Gasteiger partial charge on any atom is -0.379 e. The molecule has 5 heteroatoms. The van der Waals surface area contributed by atoms with Crippen molar-refractivity contribution >= 4 is 11.4 Å². The van der Waals surface area contributed by atoms with Gasteiger partial charge in [-0.15, -0.1) is 0 Å². The molecule has 3 rings (SSSR count). The lowest BCUT2D eigenvalue weighted by Gasteiger charge is -2.36. The number of anilines is 1. The first-order valence-electron chi connectivity index (χ1n) is 7.34. The molecule has 1 aromatic carbocycles. The van der Waals surface area contributed by atoms with E-state index in [1.165, 1.54) is 25.7 Å². The Balaban J connectivity index is 1.62. The van der Waals surface area contributed by atoms with Crippen LogP contribution in [0.5, 0.6) is 0 Å². The van der Waals surface area contributed by atoms with Crippen molar-refractivity contribution in [2.75, 3.05) is 18.9 Å². The monoisotopic (exact) mass is 275 g/mol. The minimum atomic E-state index is -0.319. The summed E-state index contributed by atoms with van der Waals surface area (Å²) in [6.07, 6.45) is 5.04. The summed E-state index contributed by atoms with van der Waals surface area (Å²) in [6, 6.07) is 8.33. The summed E-state index contributed by atoms with van der Waals surface area (Å²) in [4.78, 5) is 13.2. The average molecular weight is 275 g/mol. The Bertz CT molecular complexity index is 492. The lowest BCUT2D eigenvalue weighted by Crippen LogP contribution is -2.41. The van der Waals surface area contributed by atoms with Crippen LogP contribution >= 0.6 is 0 Å². The van der Waals surface area contributed by atoms with E-state index in [2.05, 4.69) is 17.3 Å². The zero-order valence-electron chi connectivity index (χ0n) is 11.8. The van der Waals surface area contributed by atoms with Crippen molar-refractivity contribution in [1.29, 1.82) is 0 Å². The molecular formula is C15H21N3O2. The molecule has 0 amide bonds. The van der Waals surface area contributed by atoms with Gasteiger partial charge in [-0.25, -0.2) is 0 Å². The Hall–Kier alpha value is -1.62. The van der Waals surface area contributed by atoms with E-state index in [1.54, 1.807) is 18.2 Å². The molecule has 0 spiro atoms. The molecule has 1 aromatic rings. The van der Waals surface area contributed by atoms with Gasteiger partial charge in [0.15, 0.2) is 0 Å². The molecule has 2 unspecified atom stereocenters. The number of benzene rings is 1. The van der Waals surface area contributed by atoms with Crippen LogP contribution in [0.4, 0.5) is 11.4 Å². The van der Waals surface area contributed by atoms with E-state index in [1.807, 2.05) is 6.07 Å². The lowest BCUT2D eigenvalue weighted by atomic mass is 9.91. The Morgan fingerprint density at radius 2 is 1.95 bits per heavy atom. The molecule has 2 aliphatic rings. The van der Waals surface area contributed by atoms with Crippen LogP contribution in [0.25, 0.3) is 0 Å². The zero-order valence-corrected chi connectivity index (χ0v) is 11.8. The predicted molar refractivity (Wildman–Crippen MR) is 78.9 cm³/mol. The standard InChI is InChI=1S/C15H21N3O2/c1-17-12-6-7-13(17)9-11(8-12)10-16-14-4-2-3-5-15(14)18(19)20/h2-5,11-13,16H,6-10H2,1H3. The van der Waals surface area contributed by atoms with E-state index >= 15 is 0 Å². The molecule has 0 saturated carbocycles. The molecular weight excluding hydrogens is 254 g/mol. The Kier molecular flexibility index (Phi) is 3.61. The second kappa shape index (κ2) is 5.40. The number of fused-ring (bicyclic) bond motifs is 2. The van der Waals surface area contributed by atoms with Crippen LogP contribution in [0.3, 0.4) is 0 Å². The Labute approximate surface area is 119 Å². The van der Waals surface area contributed by atoms with Gasteiger partial charge >= 0.3 is 0 Å². The molecule has 2 fully saturated rings. The molecule has 2 heterocycles. The summed E-state index contributed by atoms with van der Waals surface area (Å²) in [7, 11) is 2.23. The van der Waals surface area contributed by atoms with Crippen LogP contribution in [0, 0.1) is 16.0 Å². The highest BCUT2D eigenvalue weighted by atomic mass is 16.6. The third kappa shape index (κ3) is 2.50. The number of hydrogen-bond acceptors (Lipinski definition) is 4. The second-order valence-electron chi connectivity index (χ2n) is 6.04. The van der Waals surface area contributed by atoms with Gasteiger partial charge < -0.3 is 10.2 Å². The average Bonchev–Trinajstić information content (AvgIpc) is 2.66. The van der Waals surface area contributed by atoms with Crippen molar-refractivity contribution in [2.45, 2.75) is 37.8 Å². The van der Waals surface area contributed by atoms with Gasteiger partial charge in [-0.3, -0.25) is 10.1 Å².